The van der Waals surface area contributed by atoms with Gasteiger partial charge < -0.3 is 5.32 Å². The maximum Gasteiger partial charge on any atom is 0.256 e. The molecule has 5 aromatic rings. The molecule has 0 unspecified atom stereocenters. The zero-order valence-electron chi connectivity index (χ0n) is 14.9. The fourth-order valence-corrected chi connectivity index (χ4v) is 3.32. The van der Waals surface area contributed by atoms with Crippen LogP contribution in [0.4, 0.5) is 5.69 Å². The second-order valence-corrected chi connectivity index (χ2v) is 6.51. The monoisotopic (exact) mass is 364 g/mol. The largest absolute Gasteiger partial charge is 0.322 e. The van der Waals surface area contributed by atoms with Gasteiger partial charge in [-0.3, -0.25) is 9.20 Å². The Hall–Kier alpha value is -3.99. The molecule has 5 nitrogen and oxygen atoms in total. The second-order valence-electron chi connectivity index (χ2n) is 6.51. The smallest absolute Gasteiger partial charge is 0.256 e. The molecule has 1 amide bonds. The molecule has 0 bridgehead atoms. The lowest BCUT2D eigenvalue weighted by Crippen LogP contribution is -2.12. The summed E-state index contributed by atoms with van der Waals surface area (Å²) in [4.78, 5) is 21.5. The minimum Gasteiger partial charge on any atom is -0.322 e. The van der Waals surface area contributed by atoms with Crippen LogP contribution in [0.15, 0.2) is 91.4 Å². The van der Waals surface area contributed by atoms with Gasteiger partial charge in [0.25, 0.3) is 5.91 Å². The van der Waals surface area contributed by atoms with Crippen LogP contribution in [0.25, 0.3) is 27.8 Å². The van der Waals surface area contributed by atoms with Crippen LogP contribution in [0.2, 0.25) is 0 Å². The molecular formula is C23H16N4O. The molecule has 0 spiro atoms. The number of nitrogens with one attached hydrogen (secondary N) is 1. The number of aromatic nitrogens is 3. The zero-order chi connectivity index (χ0) is 18.9. The Morgan fingerprint density at radius 1 is 0.893 bits per heavy atom. The predicted molar refractivity (Wildman–Crippen MR) is 110 cm³/mol. The SMILES string of the molecule is O=C(Nc1ccc(-c2cn3cccnc3n2)cc1)c1cccc2ccccc12. The average Bonchev–Trinajstić information content (AvgIpc) is 3.18. The van der Waals surface area contributed by atoms with Crippen LogP contribution < -0.4 is 5.32 Å². The fraction of sp³-hybridized carbons (Fsp3) is 0. The van der Waals surface area contributed by atoms with Gasteiger partial charge in [-0.15, -0.1) is 0 Å². The van der Waals surface area contributed by atoms with Crippen LogP contribution in [-0.4, -0.2) is 20.3 Å². The van der Waals surface area contributed by atoms with Gasteiger partial charge in [0.05, 0.1) is 5.69 Å². The molecule has 0 saturated heterocycles. The van der Waals surface area contributed by atoms with Crippen molar-refractivity contribution in [3.05, 3.63) is 97.0 Å². The molecule has 0 saturated carbocycles. The van der Waals surface area contributed by atoms with Crippen LogP contribution in [-0.2, 0) is 0 Å². The van der Waals surface area contributed by atoms with E-state index in [0.717, 1.165) is 27.7 Å². The van der Waals surface area contributed by atoms with Gasteiger partial charge >= 0.3 is 0 Å². The summed E-state index contributed by atoms with van der Waals surface area (Å²) in [6, 6.07) is 23.2. The summed E-state index contributed by atoms with van der Waals surface area (Å²) in [6.45, 7) is 0. The lowest BCUT2D eigenvalue weighted by molar-refractivity contribution is 0.102. The second kappa shape index (κ2) is 6.63. The van der Waals surface area contributed by atoms with Crippen molar-refractivity contribution in [2.75, 3.05) is 5.32 Å². The number of benzene rings is 3. The van der Waals surface area contributed by atoms with Crippen LogP contribution in [0.5, 0.6) is 0 Å². The van der Waals surface area contributed by atoms with E-state index in [9.17, 15) is 4.79 Å². The lowest BCUT2D eigenvalue weighted by Gasteiger charge is -2.08. The van der Waals surface area contributed by atoms with Crippen molar-refractivity contribution in [2.45, 2.75) is 0 Å². The number of rotatable bonds is 3. The molecular weight excluding hydrogens is 348 g/mol. The van der Waals surface area contributed by atoms with Crippen molar-refractivity contribution < 1.29 is 4.79 Å². The molecule has 5 heteroatoms. The van der Waals surface area contributed by atoms with Crippen LogP contribution in [0.1, 0.15) is 10.4 Å². The first-order valence-corrected chi connectivity index (χ1v) is 8.97. The van der Waals surface area contributed by atoms with Gasteiger partial charge in [0.1, 0.15) is 0 Å². The van der Waals surface area contributed by atoms with Gasteiger partial charge in [0.15, 0.2) is 0 Å². The van der Waals surface area contributed by atoms with Crippen LogP contribution in [0, 0.1) is 0 Å². The molecule has 3 aromatic carbocycles. The first-order chi connectivity index (χ1) is 13.8. The molecule has 0 aliphatic carbocycles. The number of anilines is 1. The van der Waals surface area contributed by atoms with E-state index in [2.05, 4.69) is 15.3 Å². The summed E-state index contributed by atoms with van der Waals surface area (Å²) < 4.78 is 1.88. The summed E-state index contributed by atoms with van der Waals surface area (Å²) in [5.74, 6) is 0.535. The summed E-state index contributed by atoms with van der Waals surface area (Å²) in [7, 11) is 0. The maximum atomic E-state index is 12.8. The highest BCUT2D eigenvalue weighted by atomic mass is 16.1. The van der Waals surface area contributed by atoms with Crippen molar-refractivity contribution in [2.24, 2.45) is 0 Å². The average molecular weight is 364 g/mol. The summed E-state index contributed by atoms with van der Waals surface area (Å²) in [5, 5.41) is 4.97. The molecule has 0 aliphatic heterocycles. The minimum absolute atomic E-state index is 0.124. The highest BCUT2D eigenvalue weighted by Gasteiger charge is 2.10. The first-order valence-electron chi connectivity index (χ1n) is 8.97. The minimum atomic E-state index is -0.124. The van der Waals surface area contributed by atoms with E-state index >= 15 is 0 Å². The summed E-state index contributed by atoms with van der Waals surface area (Å²) in [6.07, 6.45) is 5.57. The Morgan fingerprint density at radius 3 is 2.57 bits per heavy atom. The number of hydrogen-bond acceptors (Lipinski definition) is 3. The Kier molecular flexibility index (Phi) is 3.84. The highest BCUT2D eigenvalue weighted by molar-refractivity contribution is 6.12. The predicted octanol–water partition coefficient (Wildman–Crippen LogP) is 4.80. The van der Waals surface area contributed by atoms with Gasteiger partial charge in [0.2, 0.25) is 5.78 Å². The van der Waals surface area contributed by atoms with E-state index in [1.54, 1.807) is 6.20 Å². The Bertz CT molecular complexity index is 1270. The molecule has 134 valence electrons. The van der Waals surface area contributed by atoms with Crippen LogP contribution in [0.3, 0.4) is 0 Å². The molecule has 0 fully saturated rings. The molecule has 0 atom stereocenters. The number of carbonyl (C=O) groups excluding carboxylic acids is 1. The highest BCUT2D eigenvalue weighted by Crippen LogP contribution is 2.23. The zero-order valence-corrected chi connectivity index (χ0v) is 14.9. The number of hydrogen-bond donors (Lipinski definition) is 1. The van der Waals surface area contributed by atoms with Gasteiger partial charge in [-0.25, -0.2) is 9.97 Å². The summed E-state index contributed by atoms with van der Waals surface area (Å²) >= 11 is 0. The third-order valence-electron chi connectivity index (χ3n) is 4.71. The molecule has 0 radical (unpaired) electrons. The van der Waals surface area contributed by atoms with Crippen molar-refractivity contribution in [3.63, 3.8) is 0 Å². The Labute approximate surface area is 161 Å². The van der Waals surface area contributed by atoms with Gasteiger partial charge in [0, 0.05) is 35.4 Å². The molecule has 0 aliphatic rings. The Balaban J connectivity index is 1.40. The number of amides is 1. The Morgan fingerprint density at radius 2 is 1.71 bits per heavy atom. The van der Waals surface area contributed by atoms with E-state index in [1.807, 2.05) is 89.6 Å². The maximum absolute atomic E-state index is 12.8. The third kappa shape index (κ3) is 2.89. The van der Waals surface area contributed by atoms with Gasteiger partial charge in [-0.05, 0) is 35.0 Å². The standard InChI is InChI=1S/C23H16N4O/c28-22(20-8-3-6-16-5-1-2-7-19(16)20)25-18-11-9-17(10-12-18)21-15-27-14-4-13-24-23(27)26-21/h1-15H,(H,25,28). The topological polar surface area (TPSA) is 59.3 Å². The van der Waals surface area contributed by atoms with Crippen molar-refractivity contribution in [1.82, 2.24) is 14.4 Å². The fourth-order valence-electron chi connectivity index (χ4n) is 3.32. The molecule has 28 heavy (non-hydrogen) atoms. The van der Waals surface area contributed by atoms with Gasteiger partial charge in [-0.1, -0.05) is 48.5 Å². The number of carbonyl (C=O) groups is 1. The van der Waals surface area contributed by atoms with E-state index < -0.39 is 0 Å². The lowest BCUT2D eigenvalue weighted by atomic mass is 10.0. The summed E-state index contributed by atoms with van der Waals surface area (Å²) in [5.41, 5.74) is 3.21. The molecule has 1 N–H and O–H groups in total. The first kappa shape index (κ1) is 16.2. The van der Waals surface area contributed by atoms with Gasteiger partial charge in [-0.2, -0.15) is 0 Å². The van der Waals surface area contributed by atoms with E-state index in [1.165, 1.54) is 0 Å². The molecule has 5 rings (SSSR count). The third-order valence-corrected chi connectivity index (χ3v) is 4.71. The quantitative estimate of drug-likeness (QED) is 0.500. The van der Waals surface area contributed by atoms with Crippen molar-refractivity contribution >= 4 is 28.1 Å². The number of fused-ring (bicyclic) bond motifs is 2. The number of nitrogens with zero attached hydrogens (tertiary/aromatic N) is 3. The van der Waals surface area contributed by atoms with E-state index in [4.69, 9.17) is 0 Å². The normalized spacial score (nSPS) is 11.0. The van der Waals surface area contributed by atoms with Crippen LogP contribution >= 0.6 is 0 Å². The van der Waals surface area contributed by atoms with Crippen molar-refractivity contribution in [1.29, 1.82) is 0 Å². The molecule has 2 aromatic heterocycles. The van der Waals surface area contributed by atoms with E-state index in [0.29, 0.717) is 11.3 Å². The van der Waals surface area contributed by atoms with E-state index in [-0.39, 0.29) is 5.91 Å². The van der Waals surface area contributed by atoms with Crippen molar-refractivity contribution in [3.8, 4) is 11.3 Å². The number of imidazole rings is 1. The molecule has 2 heterocycles.